The van der Waals surface area contributed by atoms with Crippen LogP contribution in [0.1, 0.15) is 45.4 Å². The molecule has 1 saturated heterocycles. The van der Waals surface area contributed by atoms with Gasteiger partial charge in [0.2, 0.25) is 0 Å². The van der Waals surface area contributed by atoms with E-state index in [0.29, 0.717) is 5.92 Å². The topological polar surface area (TPSA) is 46.5 Å². The number of hydrogen-bond acceptors (Lipinski definition) is 2. The number of aliphatic carboxylic acids is 1. The number of rotatable bonds is 3. The van der Waals surface area contributed by atoms with Crippen LogP contribution in [0.5, 0.6) is 0 Å². The van der Waals surface area contributed by atoms with E-state index in [1.807, 2.05) is 6.92 Å². The maximum Gasteiger partial charge on any atom is 0.306 e. The van der Waals surface area contributed by atoms with E-state index < -0.39 is 5.97 Å². The number of ether oxygens (including phenoxy) is 1. The second-order valence-corrected chi connectivity index (χ2v) is 5.75. The fourth-order valence-corrected chi connectivity index (χ4v) is 3.51. The highest BCUT2D eigenvalue weighted by Gasteiger charge is 2.32. The summed E-state index contributed by atoms with van der Waals surface area (Å²) in [6, 6.07) is 0. The molecule has 2 aliphatic rings. The van der Waals surface area contributed by atoms with Crippen molar-refractivity contribution in [3.8, 4) is 0 Å². The molecule has 17 heavy (non-hydrogen) atoms. The van der Waals surface area contributed by atoms with Gasteiger partial charge in [0.15, 0.2) is 0 Å². The molecule has 0 amide bonds. The Morgan fingerprint density at radius 3 is 2.12 bits per heavy atom. The van der Waals surface area contributed by atoms with E-state index in [9.17, 15) is 4.79 Å². The van der Waals surface area contributed by atoms with Gasteiger partial charge in [0, 0.05) is 13.2 Å². The third kappa shape index (κ3) is 3.21. The van der Waals surface area contributed by atoms with Crippen molar-refractivity contribution >= 4 is 5.97 Å². The predicted molar refractivity (Wildman–Crippen MR) is 65.8 cm³/mol. The summed E-state index contributed by atoms with van der Waals surface area (Å²) in [5.74, 6) is 1.29. The minimum absolute atomic E-state index is 0.161. The lowest BCUT2D eigenvalue weighted by molar-refractivity contribution is -0.143. The maximum atomic E-state index is 11.0. The van der Waals surface area contributed by atoms with Gasteiger partial charge >= 0.3 is 5.97 Å². The molecule has 0 unspecified atom stereocenters. The van der Waals surface area contributed by atoms with Gasteiger partial charge < -0.3 is 9.84 Å². The van der Waals surface area contributed by atoms with Gasteiger partial charge in [-0.05, 0) is 56.3 Å². The molecule has 1 saturated carbocycles. The second kappa shape index (κ2) is 5.85. The minimum atomic E-state index is -0.625. The first-order valence-electron chi connectivity index (χ1n) is 6.99. The smallest absolute Gasteiger partial charge is 0.306 e. The van der Waals surface area contributed by atoms with Crippen molar-refractivity contribution in [2.45, 2.75) is 45.4 Å². The molecule has 3 heteroatoms. The van der Waals surface area contributed by atoms with Crippen molar-refractivity contribution in [1.82, 2.24) is 0 Å². The molecular formula is C14H24O3. The molecule has 1 aliphatic carbocycles. The van der Waals surface area contributed by atoms with Gasteiger partial charge in [-0.1, -0.05) is 6.92 Å². The third-order valence-electron chi connectivity index (χ3n) is 4.85. The summed E-state index contributed by atoms with van der Waals surface area (Å²) >= 11 is 0. The lowest BCUT2D eigenvalue weighted by atomic mass is 9.70. The van der Waals surface area contributed by atoms with E-state index in [-0.39, 0.29) is 5.92 Å². The van der Waals surface area contributed by atoms with Gasteiger partial charge in [0.1, 0.15) is 0 Å². The Balaban J connectivity index is 1.79. The Morgan fingerprint density at radius 1 is 1.06 bits per heavy atom. The number of hydrogen-bond donors (Lipinski definition) is 1. The zero-order valence-electron chi connectivity index (χ0n) is 10.7. The summed E-state index contributed by atoms with van der Waals surface area (Å²) in [5.41, 5.74) is 0. The number of carboxylic acid groups (broad SMARTS) is 1. The van der Waals surface area contributed by atoms with Gasteiger partial charge in [0.05, 0.1) is 5.92 Å². The fraction of sp³-hybridized carbons (Fsp3) is 0.929. The zero-order valence-corrected chi connectivity index (χ0v) is 10.7. The number of carboxylic acids is 1. The van der Waals surface area contributed by atoms with Crippen LogP contribution < -0.4 is 0 Å². The fourth-order valence-electron chi connectivity index (χ4n) is 3.51. The summed E-state index contributed by atoms with van der Waals surface area (Å²) < 4.78 is 5.40. The Bertz CT molecular complexity index is 250. The van der Waals surface area contributed by atoms with Crippen molar-refractivity contribution in [2.24, 2.45) is 23.7 Å². The van der Waals surface area contributed by atoms with Crippen LogP contribution in [-0.2, 0) is 9.53 Å². The SMILES string of the molecule is C[C@@H](C(=O)O)C1CCC(C2CCOCC2)CC1. The average Bonchev–Trinajstić information content (AvgIpc) is 2.39. The van der Waals surface area contributed by atoms with Crippen molar-refractivity contribution in [3.63, 3.8) is 0 Å². The standard InChI is InChI=1S/C14H24O3/c1-10(14(15)16)11-2-4-12(5-3-11)13-6-8-17-9-7-13/h10-13H,2-9H2,1H3,(H,15,16)/t10-,11?,12?/m1/s1. The van der Waals surface area contributed by atoms with Gasteiger partial charge in [-0.2, -0.15) is 0 Å². The van der Waals surface area contributed by atoms with Crippen LogP contribution in [0.15, 0.2) is 0 Å². The lowest BCUT2D eigenvalue weighted by Gasteiger charge is -2.36. The van der Waals surface area contributed by atoms with Gasteiger partial charge in [-0.3, -0.25) is 4.79 Å². The Hall–Kier alpha value is -0.570. The van der Waals surface area contributed by atoms with Crippen LogP contribution in [0.2, 0.25) is 0 Å². The van der Waals surface area contributed by atoms with E-state index >= 15 is 0 Å². The van der Waals surface area contributed by atoms with E-state index in [1.165, 1.54) is 25.7 Å². The van der Waals surface area contributed by atoms with Crippen LogP contribution in [0.25, 0.3) is 0 Å². The summed E-state index contributed by atoms with van der Waals surface area (Å²) in [5, 5.41) is 9.03. The zero-order chi connectivity index (χ0) is 12.3. The average molecular weight is 240 g/mol. The minimum Gasteiger partial charge on any atom is -0.481 e. The summed E-state index contributed by atoms with van der Waals surface area (Å²) in [6.07, 6.45) is 7.10. The third-order valence-corrected chi connectivity index (χ3v) is 4.85. The molecule has 0 aromatic heterocycles. The van der Waals surface area contributed by atoms with Crippen LogP contribution in [-0.4, -0.2) is 24.3 Å². The molecule has 98 valence electrons. The highest BCUT2D eigenvalue weighted by molar-refractivity contribution is 5.69. The lowest BCUT2D eigenvalue weighted by Crippen LogP contribution is -2.30. The van der Waals surface area contributed by atoms with Gasteiger partial charge in [0.25, 0.3) is 0 Å². The normalized spacial score (nSPS) is 33.2. The molecule has 0 aromatic rings. The van der Waals surface area contributed by atoms with Crippen LogP contribution in [0.4, 0.5) is 0 Å². The molecule has 2 rings (SSSR count). The molecule has 0 spiro atoms. The monoisotopic (exact) mass is 240 g/mol. The Morgan fingerprint density at radius 2 is 1.59 bits per heavy atom. The first kappa shape index (κ1) is 12.9. The first-order valence-corrected chi connectivity index (χ1v) is 6.99. The molecule has 1 heterocycles. The molecule has 0 radical (unpaired) electrons. The Kier molecular flexibility index (Phi) is 4.43. The molecule has 1 aliphatic heterocycles. The predicted octanol–water partition coefficient (Wildman–Crippen LogP) is 2.94. The van der Waals surface area contributed by atoms with Crippen LogP contribution in [0.3, 0.4) is 0 Å². The summed E-state index contributed by atoms with van der Waals surface area (Å²) in [6.45, 7) is 3.72. The van der Waals surface area contributed by atoms with Crippen molar-refractivity contribution < 1.29 is 14.6 Å². The maximum absolute atomic E-state index is 11.0. The molecule has 2 fully saturated rings. The van der Waals surface area contributed by atoms with Crippen molar-refractivity contribution in [3.05, 3.63) is 0 Å². The van der Waals surface area contributed by atoms with E-state index in [2.05, 4.69) is 0 Å². The van der Waals surface area contributed by atoms with Crippen LogP contribution in [0, 0.1) is 23.7 Å². The highest BCUT2D eigenvalue weighted by Crippen LogP contribution is 2.39. The van der Waals surface area contributed by atoms with Crippen molar-refractivity contribution in [2.75, 3.05) is 13.2 Å². The summed E-state index contributed by atoms with van der Waals surface area (Å²) in [7, 11) is 0. The van der Waals surface area contributed by atoms with E-state index in [1.54, 1.807) is 0 Å². The van der Waals surface area contributed by atoms with Crippen LogP contribution >= 0.6 is 0 Å². The van der Waals surface area contributed by atoms with Gasteiger partial charge in [-0.25, -0.2) is 0 Å². The molecule has 0 aromatic carbocycles. The summed E-state index contributed by atoms with van der Waals surface area (Å²) in [4.78, 5) is 11.0. The second-order valence-electron chi connectivity index (χ2n) is 5.75. The quantitative estimate of drug-likeness (QED) is 0.825. The van der Waals surface area contributed by atoms with Gasteiger partial charge in [-0.15, -0.1) is 0 Å². The molecule has 1 N–H and O–H groups in total. The highest BCUT2D eigenvalue weighted by atomic mass is 16.5. The first-order chi connectivity index (χ1) is 8.18. The van der Waals surface area contributed by atoms with Crippen molar-refractivity contribution in [1.29, 1.82) is 0 Å². The van der Waals surface area contributed by atoms with E-state index in [0.717, 1.165) is 37.9 Å². The van der Waals surface area contributed by atoms with E-state index in [4.69, 9.17) is 9.84 Å². The molecule has 1 atom stereocenters. The molecule has 0 bridgehead atoms. The largest absolute Gasteiger partial charge is 0.481 e. The number of carbonyl (C=O) groups is 1. The molecule has 3 nitrogen and oxygen atoms in total. The molecular weight excluding hydrogens is 216 g/mol. The Labute approximate surface area is 104 Å².